The molecule has 142 valence electrons. The molecule has 2 aromatic carbocycles. The monoisotopic (exact) mass is 384 g/mol. The Labute approximate surface area is 158 Å². The Bertz CT molecular complexity index is 966. The van der Waals surface area contributed by atoms with Gasteiger partial charge in [0.15, 0.2) is 0 Å². The second-order valence-corrected chi connectivity index (χ2v) is 5.45. The van der Waals surface area contributed by atoms with Crippen LogP contribution in [0.4, 0.5) is 20.2 Å². The Kier molecular flexibility index (Phi) is 5.85. The summed E-state index contributed by atoms with van der Waals surface area (Å²) < 4.78 is 28.6. The van der Waals surface area contributed by atoms with E-state index in [9.17, 15) is 18.4 Å². The molecule has 7 nitrogen and oxygen atoms in total. The summed E-state index contributed by atoms with van der Waals surface area (Å²) in [4.78, 5) is 32.6. The molecule has 1 heterocycles. The zero-order valence-corrected chi connectivity index (χ0v) is 14.3. The van der Waals surface area contributed by atoms with Crippen LogP contribution in [0.1, 0.15) is 20.8 Å². The van der Waals surface area contributed by atoms with Crippen molar-refractivity contribution in [2.45, 2.75) is 6.61 Å². The normalized spacial score (nSPS) is 10.4. The third-order valence-corrected chi connectivity index (χ3v) is 3.55. The highest BCUT2D eigenvalue weighted by molar-refractivity contribution is 6.12. The fourth-order valence-corrected chi connectivity index (χ4v) is 2.31. The van der Waals surface area contributed by atoms with Gasteiger partial charge in [-0.3, -0.25) is 14.6 Å². The van der Waals surface area contributed by atoms with Crippen molar-refractivity contribution in [3.8, 4) is 5.75 Å². The number of ether oxygens (including phenoxy) is 1. The lowest BCUT2D eigenvalue weighted by atomic mass is 10.1. The first-order valence-corrected chi connectivity index (χ1v) is 8.05. The maximum atomic E-state index is 12.6. The van der Waals surface area contributed by atoms with Crippen LogP contribution in [0.5, 0.6) is 5.75 Å². The number of benzene rings is 2. The molecule has 0 aliphatic carbocycles. The Hall–Kier alpha value is -3.88. The molecule has 0 atom stereocenters. The standard InChI is InChI=1S/C19H14F2N4O3/c20-19(21)28-13-7-5-12(6-8-13)24-17(26)14-3-1-2-4-15(14)25-18(27)16-11-22-9-10-23-16/h1-11,19H,(H,24,26)(H,25,27). The third kappa shape index (κ3) is 4.85. The van der Waals surface area contributed by atoms with Gasteiger partial charge in [0.1, 0.15) is 11.4 Å². The molecule has 0 aliphatic rings. The number of rotatable bonds is 6. The van der Waals surface area contributed by atoms with Crippen LogP contribution in [0.15, 0.2) is 67.1 Å². The predicted molar refractivity (Wildman–Crippen MR) is 97.5 cm³/mol. The number of anilines is 2. The number of nitrogens with zero attached hydrogens (tertiary/aromatic N) is 2. The zero-order chi connectivity index (χ0) is 19.9. The van der Waals surface area contributed by atoms with Gasteiger partial charge in [0.05, 0.1) is 17.4 Å². The highest BCUT2D eigenvalue weighted by atomic mass is 19.3. The van der Waals surface area contributed by atoms with Gasteiger partial charge in [0.2, 0.25) is 0 Å². The molecule has 2 N–H and O–H groups in total. The molecule has 0 spiro atoms. The summed E-state index contributed by atoms with van der Waals surface area (Å²) in [5.74, 6) is -1.02. The maximum absolute atomic E-state index is 12.6. The van der Waals surface area contributed by atoms with Crippen LogP contribution in [0, 0.1) is 0 Å². The Balaban J connectivity index is 1.73. The average molecular weight is 384 g/mol. The van der Waals surface area contributed by atoms with Gasteiger partial charge < -0.3 is 15.4 Å². The number of nitrogens with one attached hydrogen (secondary N) is 2. The first-order valence-electron chi connectivity index (χ1n) is 8.05. The first kappa shape index (κ1) is 18.9. The molecule has 0 aliphatic heterocycles. The first-order chi connectivity index (χ1) is 13.5. The molecule has 0 unspecified atom stereocenters. The Morgan fingerprint density at radius 3 is 2.36 bits per heavy atom. The minimum Gasteiger partial charge on any atom is -0.435 e. The summed E-state index contributed by atoms with van der Waals surface area (Å²) in [5.41, 5.74) is 0.981. The minimum absolute atomic E-state index is 0.0235. The lowest BCUT2D eigenvalue weighted by molar-refractivity contribution is -0.0498. The van der Waals surface area contributed by atoms with E-state index < -0.39 is 18.4 Å². The molecule has 28 heavy (non-hydrogen) atoms. The van der Waals surface area contributed by atoms with Crippen molar-refractivity contribution in [1.82, 2.24) is 9.97 Å². The Morgan fingerprint density at radius 2 is 1.68 bits per heavy atom. The summed E-state index contributed by atoms with van der Waals surface area (Å²) in [6, 6.07) is 11.9. The lowest BCUT2D eigenvalue weighted by Crippen LogP contribution is -2.19. The number of para-hydroxylation sites is 1. The number of aromatic nitrogens is 2. The van der Waals surface area contributed by atoms with E-state index in [1.165, 1.54) is 48.9 Å². The van der Waals surface area contributed by atoms with Crippen LogP contribution in [0.2, 0.25) is 0 Å². The molecule has 2 amide bonds. The van der Waals surface area contributed by atoms with Gasteiger partial charge in [-0.25, -0.2) is 4.98 Å². The van der Waals surface area contributed by atoms with Crippen LogP contribution in [-0.4, -0.2) is 28.4 Å². The van der Waals surface area contributed by atoms with Crippen molar-refractivity contribution < 1.29 is 23.1 Å². The van der Waals surface area contributed by atoms with Crippen molar-refractivity contribution in [2.75, 3.05) is 10.6 Å². The van der Waals surface area contributed by atoms with E-state index in [1.54, 1.807) is 18.2 Å². The third-order valence-electron chi connectivity index (χ3n) is 3.55. The number of hydrogen-bond acceptors (Lipinski definition) is 5. The lowest BCUT2D eigenvalue weighted by Gasteiger charge is -2.11. The van der Waals surface area contributed by atoms with E-state index in [0.717, 1.165) is 0 Å². The number of carbonyl (C=O) groups is 2. The van der Waals surface area contributed by atoms with Crippen LogP contribution in [-0.2, 0) is 0 Å². The molecule has 0 radical (unpaired) electrons. The number of halogens is 2. The average Bonchev–Trinajstić information content (AvgIpc) is 2.70. The zero-order valence-electron chi connectivity index (χ0n) is 14.3. The van der Waals surface area contributed by atoms with Crippen molar-refractivity contribution in [2.24, 2.45) is 0 Å². The topological polar surface area (TPSA) is 93.2 Å². The van der Waals surface area contributed by atoms with Gasteiger partial charge in [-0.1, -0.05) is 12.1 Å². The second-order valence-electron chi connectivity index (χ2n) is 5.45. The molecule has 9 heteroatoms. The van der Waals surface area contributed by atoms with E-state index in [-0.39, 0.29) is 22.7 Å². The van der Waals surface area contributed by atoms with E-state index in [2.05, 4.69) is 25.3 Å². The molecule has 3 aromatic rings. The molecular weight excluding hydrogens is 370 g/mol. The number of hydrogen-bond donors (Lipinski definition) is 2. The maximum Gasteiger partial charge on any atom is 0.387 e. The smallest absolute Gasteiger partial charge is 0.387 e. The van der Waals surface area contributed by atoms with Gasteiger partial charge in [-0.05, 0) is 36.4 Å². The van der Waals surface area contributed by atoms with E-state index in [0.29, 0.717) is 5.69 Å². The summed E-state index contributed by atoms with van der Waals surface area (Å²) in [5, 5.41) is 5.25. The van der Waals surface area contributed by atoms with Gasteiger partial charge in [-0.15, -0.1) is 0 Å². The minimum atomic E-state index is -2.93. The largest absolute Gasteiger partial charge is 0.435 e. The van der Waals surface area contributed by atoms with Crippen molar-refractivity contribution in [3.63, 3.8) is 0 Å². The quantitative estimate of drug-likeness (QED) is 0.678. The Morgan fingerprint density at radius 1 is 0.929 bits per heavy atom. The summed E-state index contributed by atoms with van der Waals surface area (Å²) in [6.07, 6.45) is 4.13. The van der Waals surface area contributed by atoms with Crippen LogP contribution in [0.3, 0.4) is 0 Å². The summed E-state index contributed by atoms with van der Waals surface area (Å²) in [7, 11) is 0. The van der Waals surface area contributed by atoms with Crippen molar-refractivity contribution >= 4 is 23.2 Å². The second kappa shape index (κ2) is 8.67. The van der Waals surface area contributed by atoms with Crippen LogP contribution in [0.25, 0.3) is 0 Å². The van der Waals surface area contributed by atoms with Crippen molar-refractivity contribution in [3.05, 3.63) is 78.4 Å². The van der Waals surface area contributed by atoms with E-state index >= 15 is 0 Å². The van der Waals surface area contributed by atoms with Gasteiger partial charge >= 0.3 is 6.61 Å². The molecule has 0 bridgehead atoms. The van der Waals surface area contributed by atoms with Crippen molar-refractivity contribution in [1.29, 1.82) is 0 Å². The summed E-state index contributed by atoms with van der Waals surface area (Å²) in [6.45, 7) is -2.93. The highest BCUT2D eigenvalue weighted by Gasteiger charge is 2.15. The highest BCUT2D eigenvalue weighted by Crippen LogP contribution is 2.21. The molecule has 0 saturated carbocycles. The van der Waals surface area contributed by atoms with Crippen LogP contribution >= 0.6 is 0 Å². The SMILES string of the molecule is O=C(Nc1ccccc1C(=O)Nc1ccc(OC(F)F)cc1)c1cnccn1. The molecule has 0 fully saturated rings. The molecular formula is C19H14F2N4O3. The van der Waals surface area contributed by atoms with Crippen LogP contribution < -0.4 is 15.4 Å². The number of amides is 2. The predicted octanol–water partition coefficient (Wildman–Crippen LogP) is 3.58. The number of carbonyl (C=O) groups excluding carboxylic acids is 2. The fraction of sp³-hybridized carbons (Fsp3) is 0.0526. The van der Waals surface area contributed by atoms with Gasteiger partial charge in [0, 0.05) is 18.1 Å². The van der Waals surface area contributed by atoms with E-state index in [4.69, 9.17) is 0 Å². The molecule has 3 rings (SSSR count). The summed E-state index contributed by atoms with van der Waals surface area (Å²) >= 11 is 0. The number of alkyl halides is 2. The fourth-order valence-electron chi connectivity index (χ4n) is 2.31. The van der Waals surface area contributed by atoms with Gasteiger partial charge in [-0.2, -0.15) is 8.78 Å². The molecule has 0 saturated heterocycles. The van der Waals surface area contributed by atoms with Gasteiger partial charge in [0.25, 0.3) is 11.8 Å². The van der Waals surface area contributed by atoms with E-state index in [1.807, 2.05) is 0 Å². The molecule has 1 aromatic heterocycles.